The predicted octanol–water partition coefficient (Wildman–Crippen LogP) is 1.89. The van der Waals surface area contributed by atoms with E-state index >= 15 is 0 Å². The maximum atomic E-state index is 12.8. The maximum Gasteiger partial charge on any atom is 0.275 e. The van der Waals surface area contributed by atoms with E-state index in [2.05, 4.69) is 20.8 Å². The summed E-state index contributed by atoms with van der Waals surface area (Å²) in [6, 6.07) is 20.6. The molecule has 0 spiro atoms. The van der Waals surface area contributed by atoms with E-state index in [1.807, 2.05) is 60.7 Å². The number of hydrazine groups is 1. The molecular formula is C19H14N6OS. The normalized spacial score (nSPS) is 16.1. The summed E-state index contributed by atoms with van der Waals surface area (Å²) in [7, 11) is 0. The SMILES string of the molecule is O=c1cc(-c2ccccc2)nc2nc3n(n12)C(=S)NNC3c1ccccc1. The average molecular weight is 374 g/mol. The number of hydrogen-bond donors (Lipinski definition) is 2. The van der Waals surface area contributed by atoms with Gasteiger partial charge in [0, 0.05) is 11.6 Å². The molecule has 2 aromatic heterocycles. The lowest BCUT2D eigenvalue weighted by molar-refractivity contribution is 0.491. The number of fused-ring (bicyclic) bond motifs is 3. The summed E-state index contributed by atoms with van der Waals surface area (Å²) in [6.45, 7) is 0. The highest BCUT2D eigenvalue weighted by Crippen LogP contribution is 2.23. The van der Waals surface area contributed by atoms with E-state index in [0.29, 0.717) is 22.4 Å². The Bertz CT molecular complexity index is 1220. The van der Waals surface area contributed by atoms with Gasteiger partial charge in [0.15, 0.2) is 5.82 Å². The Morgan fingerprint density at radius 1 is 0.963 bits per heavy atom. The molecule has 1 aliphatic rings. The van der Waals surface area contributed by atoms with Crippen LogP contribution in [-0.2, 0) is 0 Å². The minimum Gasteiger partial charge on any atom is -0.295 e. The van der Waals surface area contributed by atoms with Gasteiger partial charge >= 0.3 is 0 Å². The number of hydrogen-bond acceptors (Lipinski definition) is 5. The van der Waals surface area contributed by atoms with Gasteiger partial charge in [0.1, 0.15) is 6.04 Å². The molecule has 1 unspecified atom stereocenters. The minimum atomic E-state index is -0.265. The maximum absolute atomic E-state index is 12.8. The molecule has 0 saturated heterocycles. The highest BCUT2D eigenvalue weighted by Gasteiger charge is 2.29. The fraction of sp³-hybridized carbons (Fsp3) is 0.0526. The summed E-state index contributed by atoms with van der Waals surface area (Å²) in [4.78, 5) is 22.1. The highest BCUT2D eigenvalue weighted by atomic mass is 32.1. The zero-order valence-electron chi connectivity index (χ0n) is 14.0. The third kappa shape index (κ3) is 2.54. The van der Waals surface area contributed by atoms with Crippen LogP contribution in [0.2, 0.25) is 0 Å². The van der Waals surface area contributed by atoms with E-state index in [1.165, 1.54) is 10.6 Å². The molecular weight excluding hydrogens is 360 g/mol. The van der Waals surface area contributed by atoms with E-state index in [9.17, 15) is 4.79 Å². The molecule has 0 bridgehead atoms. The molecule has 27 heavy (non-hydrogen) atoms. The Labute approximate surface area is 159 Å². The van der Waals surface area contributed by atoms with Crippen molar-refractivity contribution in [2.45, 2.75) is 6.04 Å². The summed E-state index contributed by atoms with van der Waals surface area (Å²) in [5.74, 6) is 0.921. The van der Waals surface area contributed by atoms with Crippen LogP contribution in [0.4, 0.5) is 0 Å². The molecule has 0 amide bonds. The van der Waals surface area contributed by atoms with Crippen molar-refractivity contribution in [1.29, 1.82) is 0 Å². The topological polar surface area (TPSA) is 76.2 Å². The molecule has 2 aromatic carbocycles. The fourth-order valence-corrected chi connectivity index (χ4v) is 3.48. The summed E-state index contributed by atoms with van der Waals surface area (Å²) in [6.07, 6.45) is 0. The lowest BCUT2D eigenvalue weighted by atomic mass is 10.1. The zero-order chi connectivity index (χ0) is 18.4. The van der Waals surface area contributed by atoms with Crippen LogP contribution in [0.1, 0.15) is 17.4 Å². The molecule has 2 N–H and O–H groups in total. The Kier molecular flexibility index (Phi) is 3.59. The molecule has 1 aliphatic heterocycles. The number of aromatic nitrogens is 4. The summed E-state index contributed by atoms with van der Waals surface area (Å²) < 4.78 is 3.00. The van der Waals surface area contributed by atoms with E-state index in [4.69, 9.17) is 12.2 Å². The molecule has 1 atom stereocenters. The van der Waals surface area contributed by atoms with Crippen LogP contribution >= 0.6 is 12.2 Å². The lowest BCUT2D eigenvalue weighted by Crippen LogP contribution is -2.50. The first-order chi connectivity index (χ1) is 13.2. The van der Waals surface area contributed by atoms with Gasteiger partial charge in [0.05, 0.1) is 5.69 Å². The van der Waals surface area contributed by atoms with Gasteiger partial charge < -0.3 is 0 Å². The van der Waals surface area contributed by atoms with Gasteiger partial charge in [0.2, 0.25) is 5.11 Å². The van der Waals surface area contributed by atoms with Gasteiger partial charge in [-0.05, 0) is 17.8 Å². The molecule has 0 aliphatic carbocycles. The van der Waals surface area contributed by atoms with Crippen molar-refractivity contribution < 1.29 is 0 Å². The van der Waals surface area contributed by atoms with Gasteiger partial charge in [-0.2, -0.15) is 14.2 Å². The largest absolute Gasteiger partial charge is 0.295 e. The molecule has 0 fully saturated rings. The first-order valence-corrected chi connectivity index (χ1v) is 8.82. The van der Waals surface area contributed by atoms with Crippen LogP contribution < -0.4 is 16.4 Å². The molecule has 4 aromatic rings. The van der Waals surface area contributed by atoms with E-state index < -0.39 is 0 Å². The highest BCUT2D eigenvalue weighted by molar-refractivity contribution is 7.80. The van der Waals surface area contributed by atoms with Crippen LogP contribution in [0.25, 0.3) is 17.0 Å². The van der Waals surface area contributed by atoms with Gasteiger partial charge in [0.25, 0.3) is 11.3 Å². The number of benzene rings is 2. The fourth-order valence-electron chi connectivity index (χ4n) is 3.24. The average Bonchev–Trinajstić information content (AvgIpc) is 3.10. The third-order valence-electron chi connectivity index (χ3n) is 4.49. The standard InChI is InChI=1S/C19H14N6OS/c26-15-11-14(12-7-3-1-4-8-12)20-18-21-17-16(13-9-5-2-6-10-13)22-23-19(27)25(17)24(15)18/h1-11,16,22H,(H,23,27). The third-order valence-corrected chi connectivity index (χ3v) is 4.76. The van der Waals surface area contributed by atoms with Gasteiger partial charge in [-0.15, -0.1) is 0 Å². The lowest BCUT2D eigenvalue weighted by Gasteiger charge is -2.26. The predicted molar refractivity (Wildman–Crippen MR) is 105 cm³/mol. The number of rotatable bonds is 2. The van der Waals surface area contributed by atoms with E-state index in [0.717, 1.165) is 11.1 Å². The van der Waals surface area contributed by atoms with Crippen molar-refractivity contribution in [3.63, 3.8) is 0 Å². The number of nitrogens with one attached hydrogen (secondary N) is 2. The molecule has 0 saturated carbocycles. The van der Waals surface area contributed by atoms with Crippen molar-refractivity contribution in [1.82, 2.24) is 30.0 Å². The smallest absolute Gasteiger partial charge is 0.275 e. The molecule has 7 nitrogen and oxygen atoms in total. The molecule has 132 valence electrons. The second kappa shape index (κ2) is 6.11. The molecule has 5 rings (SSSR count). The number of nitrogens with zero attached hydrogens (tertiary/aromatic N) is 4. The Hall–Kier alpha value is -3.36. The van der Waals surface area contributed by atoms with Gasteiger partial charge in [-0.1, -0.05) is 60.7 Å². The van der Waals surface area contributed by atoms with Gasteiger partial charge in [-0.3, -0.25) is 10.2 Å². The monoisotopic (exact) mass is 374 g/mol. The van der Waals surface area contributed by atoms with E-state index in [-0.39, 0.29) is 11.6 Å². The first-order valence-electron chi connectivity index (χ1n) is 8.41. The Balaban J connectivity index is 1.75. The van der Waals surface area contributed by atoms with Crippen LogP contribution in [0.5, 0.6) is 0 Å². The molecule has 0 radical (unpaired) electrons. The molecule has 3 heterocycles. The van der Waals surface area contributed by atoms with Crippen molar-refractivity contribution in [2.24, 2.45) is 0 Å². The van der Waals surface area contributed by atoms with Crippen molar-refractivity contribution in [3.05, 3.63) is 88.5 Å². The Morgan fingerprint density at radius 3 is 2.41 bits per heavy atom. The second-order valence-corrected chi connectivity index (χ2v) is 6.54. The van der Waals surface area contributed by atoms with Gasteiger partial charge in [-0.25, -0.2) is 10.4 Å². The second-order valence-electron chi connectivity index (χ2n) is 6.16. The van der Waals surface area contributed by atoms with Crippen molar-refractivity contribution >= 4 is 23.1 Å². The van der Waals surface area contributed by atoms with Crippen molar-refractivity contribution in [2.75, 3.05) is 0 Å². The van der Waals surface area contributed by atoms with Crippen molar-refractivity contribution in [3.8, 4) is 11.3 Å². The Morgan fingerprint density at radius 2 is 1.67 bits per heavy atom. The number of thiocarbonyl (C=S) groups is 1. The molecule has 8 heteroatoms. The summed E-state index contributed by atoms with van der Waals surface area (Å²) in [5, 5.41) is 0.344. The first kappa shape index (κ1) is 15.9. The van der Waals surface area contributed by atoms with Crippen LogP contribution in [0.3, 0.4) is 0 Å². The zero-order valence-corrected chi connectivity index (χ0v) is 14.9. The quantitative estimate of drug-likeness (QED) is 0.522. The summed E-state index contributed by atoms with van der Waals surface area (Å²) in [5.41, 5.74) is 8.31. The van der Waals surface area contributed by atoms with Crippen LogP contribution in [0, 0.1) is 0 Å². The van der Waals surface area contributed by atoms with E-state index in [1.54, 1.807) is 4.68 Å². The minimum absolute atomic E-state index is 0.240. The van der Waals surface area contributed by atoms with Crippen LogP contribution in [0.15, 0.2) is 71.5 Å². The summed E-state index contributed by atoms with van der Waals surface area (Å²) >= 11 is 5.39. The van der Waals surface area contributed by atoms with Crippen LogP contribution in [-0.4, -0.2) is 24.3 Å².